The zero-order valence-electron chi connectivity index (χ0n) is 9.37. The van der Waals surface area contributed by atoms with Gasteiger partial charge in [0.15, 0.2) is 0 Å². The van der Waals surface area contributed by atoms with Gasteiger partial charge in [0, 0.05) is 0 Å². The molecule has 0 amide bonds. The summed E-state index contributed by atoms with van der Waals surface area (Å²) < 4.78 is 0. The highest BCUT2D eigenvalue weighted by Gasteiger charge is 2.04. The Bertz CT molecular complexity index is 323. The average molecular weight is 201 g/mol. The molecule has 1 heterocycles. The summed E-state index contributed by atoms with van der Waals surface area (Å²) >= 11 is 0. The van der Waals surface area contributed by atoms with E-state index < -0.39 is 0 Å². The molecule has 2 aliphatic rings. The van der Waals surface area contributed by atoms with E-state index in [0.717, 1.165) is 13.1 Å². The van der Waals surface area contributed by atoms with Crippen molar-refractivity contribution in [1.29, 1.82) is 0 Å². The van der Waals surface area contributed by atoms with E-state index in [-0.39, 0.29) is 0 Å². The SMILES string of the molecule is CC1C=CC=C(C=C2CCNCC2)C=C1. The Morgan fingerprint density at radius 3 is 2.87 bits per heavy atom. The molecule has 1 aliphatic carbocycles. The molecule has 0 aromatic rings. The molecule has 1 saturated heterocycles. The highest BCUT2D eigenvalue weighted by molar-refractivity contribution is 5.38. The minimum Gasteiger partial charge on any atom is -0.316 e. The van der Waals surface area contributed by atoms with Crippen molar-refractivity contribution < 1.29 is 0 Å². The van der Waals surface area contributed by atoms with Gasteiger partial charge in [0.05, 0.1) is 0 Å². The van der Waals surface area contributed by atoms with Gasteiger partial charge in [-0.05, 0) is 37.4 Å². The molecule has 0 bridgehead atoms. The minimum atomic E-state index is 0.560. The van der Waals surface area contributed by atoms with Gasteiger partial charge < -0.3 is 5.32 Å². The molecule has 1 heteroatoms. The minimum absolute atomic E-state index is 0.560. The molecule has 2 rings (SSSR count). The molecule has 1 N–H and O–H groups in total. The fourth-order valence-corrected chi connectivity index (χ4v) is 1.95. The van der Waals surface area contributed by atoms with Crippen LogP contribution in [0.15, 0.2) is 47.6 Å². The van der Waals surface area contributed by atoms with Crippen LogP contribution in [0.25, 0.3) is 0 Å². The first-order valence-corrected chi connectivity index (χ1v) is 5.81. The lowest BCUT2D eigenvalue weighted by Crippen LogP contribution is -2.23. The van der Waals surface area contributed by atoms with Crippen LogP contribution in [0.2, 0.25) is 0 Å². The zero-order valence-corrected chi connectivity index (χ0v) is 9.37. The first-order chi connectivity index (χ1) is 7.34. The number of hydrogen-bond acceptors (Lipinski definition) is 1. The van der Waals surface area contributed by atoms with Gasteiger partial charge in [0.2, 0.25) is 0 Å². The maximum atomic E-state index is 3.38. The maximum Gasteiger partial charge on any atom is -0.00113 e. The standard InChI is InChI=1S/C14H19N/c1-12-3-2-4-13(6-5-12)11-14-7-9-15-10-8-14/h2-6,11-12,15H,7-10H2,1H3. The van der Waals surface area contributed by atoms with Gasteiger partial charge >= 0.3 is 0 Å². The van der Waals surface area contributed by atoms with Crippen LogP contribution in [0.3, 0.4) is 0 Å². The Kier molecular flexibility index (Phi) is 3.57. The third-order valence-electron chi connectivity index (χ3n) is 2.91. The largest absolute Gasteiger partial charge is 0.316 e. The van der Waals surface area contributed by atoms with Gasteiger partial charge in [0.1, 0.15) is 0 Å². The van der Waals surface area contributed by atoms with E-state index in [2.05, 4.69) is 48.7 Å². The van der Waals surface area contributed by atoms with Crippen molar-refractivity contribution in [2.24, 2.45) is 5.92 Å². The van der Waals surface area contributed by atoms with Gasteiger partial charge in [-0.25, -0.2) is 0 Å². The van der Waals surface area contributed by atoms with Crippen LogP contribution in [0.4, 0.5) is 0 Å². The topological polar surface area (TPSA) is 12.0 Å². The molecule has 0 spiro atoms. The Balaban J connectivity index is 2.07. The monoisotopic (exact) mass is 201 g/mol. The molecular weight excluding hydrogens is 182 g/mol. The Morgan fingerprint density at radius 2 is 2.07 bits per heavy atom. The van der Waals surface area contributed by atoms with Gasteiger partial charge in [-0.1, -0.05) is 49.0 Å². The Labute approximate surface area is 92.3 Å². The fourth-order valence-electron chi connectivity index (χ4n) is 1.95. The highest BCUT2D eigenvalue weighted by Crippen LogP contribution is 2.16. The number of rotatable bonds is 1. The van der Waals surface area contributed by atoms with Crippen molar-refractivity contribution >= 4 is 0 Å². The Hall–Kier alpha value is -1.08. The smallest absolute Gasteiger partial charge is 0.00113 e. The number of hydrogen-bond donors (Lipinski definition) is 1. The fraction of sp³-hybridized carbons (Fsp3) is 0.429. The third kappa shape index (κ3) is 3.21. The van der Waals surface area contributed by atoms with Crippen molar-refractivity contribution in [1.82, 2.24) is 5.32 Å². The second-order valence-corrected chi connectivity index (χ2v) is 4.32. The van der Waals surface area contributed by atoms with E-state index >= 15 is 0 Å². The highest BCUT2D eigenvalue weighted by atomic mass is 14.9. The summed E-state index contributed by atoms with van der Waals surface area (Å²) in [4.78, 5) is 0. The molecule has 0 aromatic heterocycles. The lowest BCUT2D eigenvalue weighted by molar-refractivity contribution is 0.610. The molecule has 0 aromatic carbocycles. The summed E-state index contributed by atoms with van der Waals surface area (Å²) in [6.45, 7) is 4.48. The van der Waals surface area contributed by atoms with Crippen LogP contribution < -0.4 is 5.32 Å². The normalized spacial score (nSPS) is 26.1. The summed E-state index contributed by atoms with van der Waals surface area (Å²) in [5.74, 6) is 0.560. The molecule has 1 unspecified atom stereocenters. The predicted molar refractivity (Wildman–Crippen MR) is 65.7 cm³/mol. The number of allylic oxidation sites excluding steroid dienone is 7. The molecule has 80 valence electrons. The first-order valence-electron chi connectivity index (χ1n) is 5.81. The van der Waals surface area contributed by atoms with Crippen molar-refractivity contribution in [2.75, 3.05) is 13.1 Å². The van der Waals surface area contributed by atoms with Crippen molar-refractivity contribution in [2.45, 2.75) is 19.8 Å². The van der Waals surface area contributed by atoms with Gasteiger partial charge in [-0.3, -0.25) is 0 Å². The van der Waals surface area contributed by atoms with E-state index in [1.165, 1.54) is 18.4 Å². The molecule has 1 aliphatic heterocycles. The van der Waals surface area contributed by atoms with Gasteiger partial charge in [-0.2, -0.15) is 0 Å². The quantitative estimate of drug-likeness (QED) is 0.687. The van der Waals surface area contributed by atoms with Crippen LogP contribution >= 0.6 is 0 Å². The lowest BCUT2D eigenvalue weighted by Gasteiger charge is -2.15. The first kappa shape index (κ1) is 10.4. The molecule has 15 heavy (non-hydrogen) atoms. The van der Waals surface area contributed by atoms with Crippen LogP contribution in [-0.2, 0) is 0 Å². The zero-order chi connectivity index (χ0) is 10.5. The summed E-state index contributed by atoms with van der Waals surface area (Å²) in [6, 6.07) is 0. The molecule has 0 radical (unpaired) electrons. The molecular formula is C14H19N. The second kappa shape index (κ2) is 5.13. The summed E-state index contributed by atoms with van der Waals surface area (Å²) in [7, 11) is 0. The van der Waals surface area contributed by atoms with Gasteiger partial charge in [-0.15, -0.1) is 0 Å². The average Bonchev–Trinajstić information content (AvgIpc) is 2.46. The van der Waals surface area contributed by atoms with Gasteiger partial charge in [0.25, 0.3) is 0 Å². The van der Waals surface area contributed by atoms with E-state index in [1.54, 1.807) is 5.57 Å². The third-order valence-corrected chi connectivity index (χ3v) is 2.91. The van der Waals surface area contributed by atoms with Crippen molar-refractivity contribution in [3.8, 4) is 0 Å². The summed E-state index contributed by atoms with van der Waals surface area (Å²) in [5, 5.41) is 3.38. The molecule has 1 nitrogen and oxygen atoms in total. The predicted octanol–water partition coefficient (Wildman–Crippen LogP) is 2.98. The molecule has 0 saturated carbocycles. The second-order valence-electron chi connectivity index (χ2n) is 4.32. The van der Waals surface area contributed by atoms with Crippen molar-refractivity contribution in [3.05, 3.63) is 47.6 Å². The maximum absolute atomic E-state index is 3.38. The van der Waals surface area contributed by atoms with Crippen LogP contribution in [0.1, 0.15) is 19.8 Å². The lowest BCUT2D eigenvalue weighted by atomic mass is 10.0. The van der Waals surface area contributed by atoms with Crippen LogP contribution in [-0.4, -0.2) is 13.1 Å². The van der Waals surface area contributed by atoms with Crippen molar-refractivity contribution in [3.63, 3.8) is 0 Å². The molecule has 1 atom stereocenters. The van der Waals surface area contributed by atoms with E-state index in [4.69, 9.17) is 0 Å². The number of piperidine rings is 1. The molecule has 1 fully saturated rings. The number of nitrogens with one attached hydrogen (secondary N) is 1. The van der Waals surface area contributed by atoms with Crippen LogP contribution in [0, 0.1) is 5.92 Å². The van der Waals surface area contributed by atoms with E-state index in [0.29, 0.717) is 5.92 Å². The summed E-state index contributed by atoms with van der Waals surface area (Å²) in [5.41, 5.74) is 2.92. The summed E-state index contributed by atoms with van der Waals surface area (Å²) in [6.07, 6.45) is 15.8. The van der Waals surface area contributed by atoms with Crippen LogP contribution in [0.5, 0.6) is 0 Å². The Morgan fingerprint density at radius 1 is 1.27 bits per heavy atom. The van der Waals surface area contributed by atoms with E-state index in [9.17, 15) is 0 Å². The van der Waals surface area contributed by atoms with E-state index in [1.807, 2.05) is 0 Å².